The van der Waals surface area contributed by atoms with Crippen LogP contribution in [-0.4, -0.2) is 26.5 Å². The van der Waals surface area contributed by atoms with Crippen molar-refractivity contribution in [2.45, 2.75) is 25.9 Å². The van der Waals surface area contributed by atoms with E-state index in [1.165, 1.54) is 0 Å². The van der Waals surface area contributed by atoms with Gasteiger partial charge < -0.3 is 10.4 Å². The minimum atomic E-state index is -1.03. The molecule has 5 nitrogen and oxygen atoms in total. The van der Waals surface area contributed by atoms with Crippen LogP contribution in [0.15, 0.2) is 16.9 Å². The summed E-state index contributed by atoms with van der Waals surface area (Å²) >= 11 is 3.27. The Morgan fingerprint density at radius 2 is 2.43 bits per heavy atom. The van der Waals surface area contributed by atoms with Gasteiger partial charge in [-0.3, -0.25) is 4.68 Å². The summed E-state index contributed by atoms with van der Waals surface area (Å²) in [4.78, 5) is 10.5. The monoisotopic (exact) mass is 261 g/mol. The molecule has 0 aromatic carbocycles. The number of carbonyl (C=O) groups is 1. The maximum Gasteiger partial charge on any atom is 0.405 e. The van der Waals surface area contributed by atoms with Crippen LogP contribution in [0.3, 0.4) is 0 Å². The van der Waals surface area contributed by atoms with Gasteiger partial charge in [0.1, 0.15) is 0 Å². The van der Waals surface area contributed by atoms with E-state index in [2.05, 4.69) is 26.3 Å². The molecule has 0 aliphatic rings. The summed E-state index contributed by atoms with van der Waals surface area (Å²) in [7, 11) is 0. The van der Waals surface area contributed by atoms with E-state index in [9.17, 15) is 4.79 Å². The van der Waals surface area contributed by atoms with Crippen molar-refractivity contribution in [2.24, 2.45) is 0 Å². The topological polar surface area (TPSA) is 67.2 Å². The third-order valence-electron chi connectivity index (χ3n) is 1.60. The lowest BCUT2D eigenvalue weighted by Crippen LogP contribution is -2.46. The molecule has 1 aromatic rings. The van der Waals surface area contributed by atoms with E-state index in [0.717, 1.165) is 4.47 Å². The number of halogens is 1. The van der Waals surface area contributed by atoms with Crippen LogP contribution >= 0.6 is 15.9 Å². The van der Waals surface area contributed by atoms with E-state index in [-0.39, 0.29) is 0 Å². The molecule has 0 spiro atoms. The summed E-state index contributed by atoms with van der Waals surface area (Å²) in [5.74, 6) is 0. The second-order valence-corrected chi connectivity index (χ2v) is 4.59. The van der Waals surface area contributed by atoms with Gasteiger partial charge >= 0.3 is 6.09 Å². The molecular weight excluding hydrogens is 250 g/mol. The summed E-state index contributed by atoms with van der Waals surface area (Å²) in [5.41, 5.74) is -0.530. The normalized spacial score (nSPS) is 11.4. The largest absolute Gasteiger partial charge is 0.465 e. The van der Waals surface area contributed by atoms with Crippen molar-refractivity contribution in [3.05, 3.63) is 16.9 Å². The molecule has 78 valence electrons. The highest BCUT2D eigenvalue weighted by Gasteiger charge is 2.20. The highest BCUT2D eigenvalue weighted by atomic mass is 79.9. The fourth-order valence-electron chi connectivity index (χ4n) is 1.16. The first-order chi connectivity index (χ1) is 6.39. The summed E-state index contributed by atoms with van der Waals surface area (Å²) in [6, 6.07) is 0. The molecule has 6 heteroatoms. The smallest absolute Gasteiger partial charge is 0.405 e. The van der Waals surface area contributed by atoms with E-state index >= 15 is 0 Å². The second-order valence-electron chi connectivity index (χ2n) is 3.67. The van der Waals surface area contributed by atoms with Gasteiger partial charge in [0.15, 0.2) is 0 Å². The van der Waals surface area contributed by atoms with Crippen molar-refractivity contribution in [1.82, 2.24) is 15.1 Å². The second kappa shape index (κ2) is 4.00. The van der Waals surface area contributed by atoms with Gasteiger partial charge in [-0.1, -0.05) is 0 Å². The Morgan fingerprint density at radius 3 is 2.86 bits per heavy atom. The van der Waals surface area contributed by atoms with Crippen molar-refractivity contribution >= 4 is 22.0 Å². The van der Waals surface area contributed by atoms with Crippen LogP contribution in [0.5, 0.6) is 0 Å². The third-order valence-corrected chi connectivity index (χ3v) is 2.01. The van der Waals surface area contributed by atoms with Crippen LogP contribution in [0.1, 0.15) is 13.8 Å². The summed E-state index contributed by atoms with van der Waals surface area (Å²) in [6.07, 6.45) is 2.43. The van der Waals surface area contributed by atoms with Crippen molar-refractivity contribution in [3.63, 3.8) is 0 Å². The number of amides is 1. The van der Waals surface area contributed by atoms with Crippen LogP contribution in [0.2, 0.25) is 0 Å². The predicted molar refractivity (Wildman–Crippen MR) is 55.2 cm³/mol. The minimum absolute atomic E-state index is 0.491. The van der Waals surface area contributed by atoms with Gasteiger partial charge in [-0.2, -0.15) is 5.10 Å². The lowest BCUT2D eigenvalue weighted by atomic mass is 10.1. The maximum atomic E-state index is 10.5. The summed E-state index contributed by atoms with van der Waals surface area (Å²) < 4.78 is 2.56. The minimum Gasteiger partial charge on any atom is -0.465 e. The number of aromatic nitrogens is 2. The zero-order valence-electron chi connectivity index (χ0n) is 7.99. The molecule has 0 atom stereocenters. The molecule has 1 heterocycles. The van der Waals surface area contributed by atoms with Gasteiger partial charge in [-0.25, -0.2) is 4.79 Å². The van der Waals surface area contributed by atoms with Gasteiger partial charge in [-0.15, -0.1) is 0 Å². The number of rotatable bonds is 3. The number of nitrogens with one attached hydrogen (secondary N) is 1. The Bertz CT molecular complexity index is 335. The molecule has 1 rings (SSSR count). The number of carboxylic acid groups (broad SMARTS) is 1. The highest BCUT2D eigenvalue weighted by molar-refractivity contribution is 9.10. The molecule has 1 aromatic heterocycles. The van der Waals surface area contributed by atoms with E-state index < -0.39 is 11.6 Å². The average Bonchev–Trinajstić information content (AvgIpc) is 2.30. The predicted octanol–water partition coefficient (Wildman–Crippen LogP) is 1.69. The van der Waals surface area contributed by atoms with Crippen LogP contribution < -0.4 is 5.32 Å². The molecular formula is C8H12BrN3O2. The average molecular weight is 262 g/mol. The lowest BCUT2D eigenvalue weighted by molar-refractivity contribution is 0.178. The molecule has 0 saturated carbocycles. The van der Waals surface area contributed by atoms with E-state index in [0.29, 0.717) is 6.54 Å². The number of nitrogens with zero attached hydrogens (tertiary/aromatic N) is 2. The van der Waals surface area contributed by atoms with Gasteiger partial charge in [0, 0.05) is 6.20 Å². The molecule has 0 radical (unpaired) electrons. The van der Waals surface area contributed by atoms with Gasteiger partial charge in [0.2, 0.25) is 0 Å². The SMILES string of the molecule is CC(C)(Cn1cc(Br)cn1)NC(=O)O. The van der Waals surface area contributed by atoms with E-state index in [1.807, 2.05) is 0 Å². The third kappa shape index (κ3) is 3.37. The Kier molecular flexibility index (Phi) is 3.15. The molecule has 0 saturated heterocycles. The first-order valence-electron chi connectivity index (χ1n) is 4.08. The Hall–Kier alpha value is -1.04. The standard InChI is InChI=1S/C8H12BrN3O2/c1-8(2,11-7(13)14)5-12-4-6(9)3-10-12/h3-4,11H,5H2,1-2H3,(H,13,14). The Morgan fingerprint density at radius 1 is 1.79 bits per heavy atom. The quantitative estimate of drug-likeness (QED) is 0.871. The van der Waals surface area contributed by atoms with Crippen molar-refractivity contribution in [1.29, 1.82) is 0 Å². The molecule has 14 heavy (non-hydrogen) atoms. The number of hydrogen-bond donors (Lipinski definition) is 2. The zero-order chi connectivity index (χ0) is 10.8. The van der Waals surface area contributed by atoms with Crippen LogP contribution in [-0.2, 0) is 6.54 Å². The van der Waals surface area contributed by atoms with Crippen LogP contribution in [0.4, 0.5) is 4.79 Å². The Balaban J connectivity index is 2.63. The molecule has 1 amide bonds. The first kappa shape index (κ1) is 11.0. The van der Waals surface area contributed by atoms with Gasteiger partial charge in [0.05, 0.1) is 22.8 Å². The van der Waals surface area contributed by atoms with Crippen LogP contribution in [0, 0.1) is 0 Å². The van der Waals surface area contributed by atoms with E-state index in [1.54, 1.807) is 30.9 Å². The summed E-state index contributed by atoms with van der Waals surface area (Å²) in [6.45, 7) is 4.10. The molecule has 0 bridgehead atoms. The molecule has 0 unspecified atom stereocenters. The molecule has 0 fully saturated rings. The molecule has 0 aliphatic carbocycles. The van der Waals surface area contributed by atoms with Crippen LogP contribution in [0.25, 0.3) is 0 Å². The Labute approximate surface area is 90.2 Å². The summed E-state index contributed by atoms with van der Waals surface area (Å²) in [5, 5.41) is 15.0. The fourth-order valence-corrected chi connectivity index (χ4v) is 1.49. The number of hydrogen-bond acceptors (Lipinski definition) is 2. The van der Waals surface area contributed by atoms with Crippen molar-refractivity contribution in [3.8, 4) is 0 Å². The van der Waals surface area contributed by atoms with Gasteiger partial charge in [-0.05, 0) is 29.8 Å². The molecule has 0 aliphatic heterocycles. The lowest BCUT2D eigenvalue weighted by Gasteiger charge is -2.24. The zero-order valence-corrected chi connectivity index (χ0v) is 9.58. The fraction of sp³-hybridized carbons (Fsp3) is 0.500. The van der Waals surface area contributed by atoms with Crippen molar-refractivity contribution in [2.75, 3.05) is 0 Å². The van der Waals surface area contributed by atoms with Crippen molar-refractivity contribution < 1.29 is 9.90 Å². The highest BCUT2D eigenvalue weighted by Crippen LogP contribution is 2.10. The molecule has 2 N–H and O–H groups in total. The van der Waals surface area contributed by atoms with E-state index in [4.69, 9.17) is 5.11 Å². The first-order valence-corrected chi connectivity index (χ1v) is 4.87. The van der Waals surface area contributed by atoms with Gasteiger partial charge in [0.25, 0.3) is 0 Å². The maximum absolute atomic E-state index is 10.5.